The first-order valence-corrected chi connectivity index (χ1v) is 8.46. The van der Waals surface area contributed by atoms with E-state index in [2.05, 4.69) is 44.2 Å². The van der Waals surface area contributed by atoms with E-state index in [0.29, 0.717) is 10.4 Å². The van der Waals surface area contributed by atoms with Crippen molar-refractivity contribution < 1.29 is 9.21 Å². The Morgan fingerprint density at radius 3 is 2.70 bits per heavy atom. The van der Waals surface area contributed by atoms with Crippen LogP contribution in [-0.4, -0.2) is 48.9 Å². The Morgan fingerprint density at radius 2 is 2.00 bits per heavy atom. The fourth-order valence-corrected chi connectivity index (χ4v) is 2.95. The number of likely N-dealkylation sites (N-methyl/N-ethyl adjacent to an activating group) is 1. The first-order chi connectivity index (χ1) is 11.1. The predicted octanol–water partition coefficient (Wildman–Crippen LogP) is 3.04. The molecule has 0 spiro atoms. The highest BCUT2D eigenvalue weighted by molar-refractivity contribution is 9.10. The molecule has 1 aromatic carbocycles. The van der Waals surface area contributed by atoms with Gasteiger partial charge in [0.15, 0.2) is 10.4 Å². The molecule has 0 saturated carbocycles. The summed E-state index contributed by atoms with van der Waals surface area (Å²) in [5.74, 6) is 0.0498. The van der Waals surface area contributed by atoms with Gasteiger partial charge >= 0.3 is 0 Å². The first kappa shape index (κ1) is 16.2. The number of nitrogens with one attached hydrogen (secondary N) is 1. The molecule has 0 bridgehead atoms. The van der Waals surface area contributed by atoms with Gasteiger partial charge in [-0.05, 0) is 52.8 Å². The number of halogens is 1. The van der Waals surface area contributed by atoms with Crippen molar-refractivity contribution in [2.45, 2.75) is 6.54 Å². The predicted molar refractivity (Wildman–Crippen MR) is 93.6 cm³/mol. The molecule has 0 unspecified atom stereocenters. The zero-order chi connectivity index (χ0) is 16.2. The second kappa shape index (κ2) is 7.29. The van der Waals surface area contributed by atoms with Gasteiger partial charge in [0.05, 0.1) is 0 Å². The number of anilines is 1. The van der Waals surface area contributed by atoms with Crippen LogP contribution >= 0.6 is 15.9 Å². The lowest BCUT2D eigenvalue weighted by Crippen LogP contribution is -2.43. The van der Waals surface area contributed by atoms with Crippen LogP contribution in [0.3, 0.4) is 0 Å². The average molecular weight is 378 g/mol. The van der Waals surface area contributed by atoms with Gasteiger partial charge < -0.3 is 14.6 Å². The molecule has 1 fully saturated rings. The third-order valence-corrected chi connectivity index (χ3v) is 4.41. The normalized spacial score (nSPS) is 16.4. The average Bonchev–Trinajstić information content (AvgIpc) is 2.97. The Bertz CT molecular complexity index is 678. The van der Waals surface area contributed by atoms with E-state index >= 15 is 0 Å². The number of amides is 1. The van der Waals surface area contributed by atoms with Crippen LogP contribution in [0.15, 0.2) is 45.5 Å². The molecule has 1 aliphatic rings. The molecule has 1 N–H and O–H groups in total. The van der Waals surface area contributed by atoms with Crippen LogP contribution in [0.25, 0.3) is 0 Å². The summed E-state index contributed by atoms with van der Waals surface area (Å²) in [7, 11) is 2.15. The highest BCUT2D eigenvalue weighted by Crippen LogP contribution is 2.17. The molecule has 2 aromatic rings. The molecule has 0 radical (unpaired) electrons. The van der Waals surface area contributed by atoms with E-state index in [-0.39, 0.29) is 5.91 Å². The number of nitrogens with zero attached hydrogens (tertiary/aromatic N) is 2. The minimum absolute atomic E-state index is 0.243. The Morgan fingerprint density at radius 1 is 1.22 bits per heavy atom. The minimum Gasteiger partial charge on any atom is -0.444 e. The summed E-state index contributed by atoms with van der Waals surface area (Å²) < 4.78 is 5.82. The van der Waals surface area contributed by atoms with Gasteiger partial charge in [-0.15, -0.1) is 0 Å². The van der Waals surface area contributed by atoms with E-state index in [0.717, 1.165) is 38.4 Å². The molecule has 2 heterocycles. The SMILES string of the molecule is CN1CCN(Cc2cccc(NC(=O)c3ccc(Br)o3)c2)CC1. The van der Waals surface area contributed by atoms with E-state index in [1.54, 1.807) is 12.1 Å². The van der Waals surface area contributed by atoms with Crippen molar-refractivity contribution in [3.05, 3.63) is 52.4 Å². The van der Waals surface area contributed by atoms with Gasteiger partial charge in [0, 0.05) is 38.4 Å². The van der Waals surface area contributed by atoms with E-state index in [9.17, 15) is 4.79 Å². The number of hydrogen-bond acceptors (Lipinski definition) is 4. The van der Waals surface area contributed by atoms with Crippen molar-refractivity contribution in [1.82, 2.24) is 9.80 Å². The lowest BCUT2D eigenvalue weighted by Gasteiger charge is -2.32. The van der Waals surface area contributed by atoms with Crippen LogP contribution in [0.1, 0.15) is 16.1 Å². The van der Waals surface area contributed by atoms with Crippen molar-refractivity contribution in [1.29, 1.82) is 0 Å². The van der Waals surface area contributed by atoms with Gasteiger partial charge in [-0.3, -0.25) is 9.69 Å². The van der Waals surface area contributed by atoms with Crippen LogP contribution < -0.4 is 5.32 Å². The molecule has 122 valence electrons. The van der Waals surface area contributed by atoms with Crippen LogP contribution in [0.2, 0.25) is 0 Å². The molecular weight excluding hydrogens is 358 g/mol. The third kappa shape index (κ3) is 4.43. The standard InChI is InChI=1S/C17H20BrN3O2/c1-20-7-9-21(10-8-20)12-13-3-2-4-14(11-13)19-17(22)15-5-6-16(18)23-15/h2-6,11H,7-10,12H2,1H3,(H,19,22). The highest BCUT2D eigenvalue weighted by Gasteiger charge is 2.14. The van der Waals surface area contributed by atoms with Gasteiger partial charge in [-0.1, -0.05) is 12.1 Å². The van der Waals surface area contributed by atoms with E-state index in [4.69, 9.17) is 4.42 Å². The lowest BCUT2D eigenvalue weighted by molar-refractivity contribution is 0.0995. The molecular formula is C17H20BrN3O2. The summed E-state index contributed by atoms with van der Waals surface area (Å²) in [6.07, 6.45) is 0. The number of benzene rings is 1. The third-order valence-electron chi connectivity index (χ3n) is 3.98. The summed E-state index contributed by atoms with van der Waals surface area (Å²) in [5.41, 5.74) is 1.99. The number of furan rings is 1. The molecule has 23 heavy (non-hydrogen) atoms. The van der Waals surface area contributed by atoms with Crippen molar-refractivity contribution >= 4 is 27.5 Å². The number of hydrogen-bond donors (Lipinski definition) is 1. The minimum atomic E-state index is -0.243. The first-order valence-electron chi connectivity index (χ1n) is 7.67. The van der Waals surface area contributed by atoms with E-state index in [1.165, 1.54) is 5.56 Å². The molecule has 1 saturated heterocycles. The van der Waals surface area contributed by atoms with Gasteiger partial charge in [0.25, 0.3) is 5.91 Å². The molecule has 0 atom stereocenters. The quantitative estimate of drug-likeness (QED) is 0.889. The summed E-state index contributed by atoms with van der Waals surface area (Å²) in [5, 5.41) is 2.88. The van der Waals surface area contributed by atoms with Gasteiger partial charge in [0.1, 0.15) is 0 Å². The molecule has 1 amide bonds. The number of piperazine rings is 1. The maximum absolute atomic E-state index is 12.1. The summed E-state index contributed by atoms with van der Waals surface area (Å²) in [6, 6.07) is 11.3. The zero-order valence-corrected chi connectivity index (χ0v) is 14.7. The Balaban J connectivity index is 1.62. The van der Waals surface area contributed by atoms with Crippen molar-refractivity contribution in [3.8, 4) is 0 Å². The molecule has 1 aromatic heterocycles. The Kier molecular flexibility index (Phi) is 5.15. The second-order valence-corrected chi connectivity index (χ2v) is 6.62. The highest BCUT2D eigenvalue weighted by atomic mass is 79.9. The van der Waals surface area contributed by atoms with E-state index in [1.807, 2.05) is 18.2 Å². The zero-order valence-electron chi connectivity index (χ0n) is 13.1. The largest absolute Gasteiger partial charge is 0.444 e. The fourth-order valence-electron chi connectivity index (χ4n) is 2.64. The number of carbonyl (C=O) groups is 1. The second-order valence-electron chi connectivity index (χ2n) is 5.84. The summed E-state index contributed by atoms with van der Waals surface area (Å²) >= 11 is 3.20. The van der Waals surface area contributed by atoms with Crippen LogP contribution in [-0.2, 0) is 6.54 Å². The smallest absolute Gasteiger partial charge is 0.291 e. The molecule has 0 aliphatic carbocycles. The maximum Gasteiger partial charge on any atom is 0.291 e. The van der Waals surface area contributed by atoms with Crippen molar-refractivity contribution in [3.63, 3.8) is 0 Å². The maximum atomic E-state index is 12.1. The summed E-state index contributed by atoms with van der Waals surface area (Å²) in [6.45, 7) is 5.26. The lowest BCUT2D eigenvalue weighted by atomic mass is 10.1. The van der Waals surface area contributed by atoms with Gasteiger partial charge in [-0.25, -0.2) is 0 Å². The molecule has 5 nitrogen and oxygen atoms in total. The van der Waals surface area contributed by atoms with Crippen molar-refractivity contribution in [2.24, 2.45) is 0 Å². The fraction of sp³-hybridized carbons (Fsp3) is 0.353. The summed E-state index contributed by atoms with van der Waals surface area (Å²) in [4.78, 5) is 16.9. The molecule has 1 aliphatic heterocycles. The number of carbonyl (C=O) groups excluding carboxylic acids is 1. The molecule has 3 rings (SSSR count). The van der Waals surface area contributed by atoms with Crippen LogP contribution in [0, 0.1) is 0 Å². The van der Waals surface area contributed by atoms with Crippen LogP contribution in [0.5, 0.6) is 0 Å². The number of rotatable bonds is 4. The van der Waals surface area contributed by atoms with Gasteiger partial charge in [0.2, 0.25) is 0 Å². The van der Waals surface area contributed by atoms with Crippen LogP contribution in [0.4, 0.5) is 5.69 Å². The van der Waals surface area contributed by atoms with Gasteiger partial charge in [-0.2, -0.15) is 0 Å². The van der Waals surface area contributed by atoms with E-state index < -0.39 is 0 Å². The monoisotopic (exact) mass is 377 g/mol. The topological polar surface area (TPSA) is 48.7 Å². The van der Waals surface area contributed by atoms with Crippen molar-refractivity contribution in [2.75, 3.05) is 38.5 Å². The Labute approximate surface area is 144 Å². The molecule has 6 heteroatoms. The Hall–Kier alpha value is -1.63.